The lowest BCUT2D eigenvalue weighted by molar-refractivity contribution is -0.161. The van der Waals surface area contributed by atoms with E-state index in [9.17, 15) is 53.7 Å². The van der Waals surface area contributed by atoms with Gasteiger partial charge in [0.15, 0.2) is 12.3 Å². The van der Waals surface area contributed by atoms with E-state index in [0.717, 1.165) is 48.8 Å². The molecule has 1 aromatic heterocycles. The Hall–Kier alpha value is -3.88. The number of aliphatic hydroxyl groups is 4. The molecule has 2 rings (SSSR count). The molecule has 1 saturated heterocycles. The van der Waals surface area contributed by atoms with E-state index in [0.29, 0.717) is 25.7 Å². The lowest BCUT2D eigenvalue weighted by Crippen LogP contribution is -2.36. The van der Waals surface area contributed by atoms with Gasteiger partial charge in [-0.05, 0) is 50.5 Å². The van der Waals surface area contributed by atoms with Gasteiger partial charge in [-0.15, -0.1) is 0 Å². The van der Waals surface area contributed by atoms with E-state index in [4.69, 9.17) is 29.0 Å². The molecule has 1 aromatic rings. The predicted octanol–water partition coefficient (Wildman–Crippen LogP) is 10.2. The van der Waals surface area contributed by atoms with Crippen LogP contribution in [0.1, 0.15) is 181 Å². The first-order chi connectivity index (χ1) is 37.3. The predicted molar refractivity (Wildman–Crippen MR) is 300 cm³/mol. The smallest absolute Gasteiger partial charge is 0.462 e. The molecule has 0 amide bonds. The monoisotopic (exact) mass is 1140 g/mol. The molecule has 1 fully saturated rings. The SMILES string of the molecule is CC/C=C\C[C@H](O)/C=C/C=C\C/C=C\C=C\[C@H](O)/C=C\CCCC(=O)O[C@H](COC(=O)CCCCCCCCCCCCCCCCCCC(C)C)COP(=O)(O)OP(=O)(O)OC[C@H]1O[C@@H](n2ccc(N)nc2=O)[C@H](O)[C@@H]1O. The van der Waals surface area contributed by atoms with Gasteiger partial charge in [0.25, 0.3) is 0 Å². The molecule has 0 radical (unpaired) electrons. The molecule has 22 heteroatoms. The van der Waals surface area contributed by atoms with Crippen molar-refractivity contribution in [2.45, 2.75) is 218 Å². The molecule has 444 valence electrons. The Bertz CT molecular complexity index is 2150. The van der Waals surface area contributed by atoms with E-state index in [2.05, 4.69) is 23.1 Å². The van der Waals surface area contributed by atoms with Crippen molar-refractivity contribution in [1.29, 1.82) is 0 Å². The first kappa shape index (κ1) is 70.2. The van der Waals surface area contributed by atoms with Crippen molar-refractivity contribution in [1.82, 2.24) is 9.55 Å². The summed E-state index contributed by atoms with van der Waals surface area (Å²) in [6.45, 7) is 4.13. The second-order valence-electron chi connectivity index (χ2n) is 19.9. The van der Waals surface area contributed by atoms with Crippen LogP contribution in [0, 0.1) is 5.92 Å². The number of nitrogens with two attached hydrogens (primary N) is 1. The summed E-state index contributed by atoms with van der Waals surface area (Å²) in [4.78, 5) is 62.1. The number of esters is 2. The second kappa shape index (κ2) is 42.0. The molecule has 9 atom stereocenters. The van der Waals surface area contributed by atoms with Gasteiger partial charge in [-0.3, -0.25) is 23.2 Å². The maximum Gasteiger partial charge on any atom is 0.481 e. The molecule has 20 nitrogen and oxygen atoms in total. The molecule has 2 unspecified atom stereocenters. The van der Waals surface area contributed by atoms with E-state index in [-0.39, 0.29) is 25.1 Å². The van der Waals surface area contributed by atoms with Gasteiger partial charge in [-0.25, -0.2) is 13.9 Å². The number of nitrogens with zero attached hydrogens (tertiary/aromatic N) is 2. The third-order valence-corrected chi connectivity index (χ3v) is 15.0. The maximum atomic E-state index is 12.9. The van der Waals surface area contributed by atoms with E-state index in [1.165, 1.54) is 83.1 Å². The number of nitrogen functional groups attached to an aromatic ring is 1. The fraction of sp³-hybridized carbons (Fsp3) is 0.679. The van der Waals surface area contributed by atoms with Crippen molar-refractivity contribution in [2.75, 3.05) is 25.6 Å². The number of hydrogen-bond donors (Lipinski definition) is 7. The van der Waals surface area contributed by atoms with Crippen LogP contribution in [0.2, 0.25) is 0 Å². The molecule has 0 saturated carbocycles. The molecule has 2 heterocycles. The number of hydrogen-bond acceptors (Lipinski definition) is 17. The van der Waals surface area contributed by atoms with E-state index in [1.807, 2.05) is 37.3 Å². The first-order valence-electron chi connectivity index (χ1n) is 28.0. The summed E-state index contributed by atoms with van der Waals surface area (Å²) >= 11 is 0. The number of phosphoric ester groups is 2. The highest BCUT2D eigenvalue weighted by Crippen LogP contribution is 2.60. The molecule has 78 heavy (non-hydrogen) atoms. The zero-order chi connectivity index (χ0) is 57.4. The van der Waals surface area contributed by atoms with Crippen molar-refractivity contribution < 1.29 is 76.5 Å². The van der Waals surface area contributed by atoms with Gasteiger partial charge in [0.2, 0.25) is 0 Å². The normalized spacial score (nSPS) is 20.0. The van der Waals surface area contributed by atoms with Gasteiger partial charge in [0.05, 0.1) is 25.4 Å². The summed E-state index contributed by atoms with van der Waals surface area (Å²) in [7, 11) is -11.0. The van der Waals surface area contributed by atoms with E-state index >= 15 is 0 Å². The Morgan fingerprint density at radius 3 is 1.91 bits per heavy atom. The number of unbranched alkanes of at least 4 members (excludes halogenated alkanes) is 16. The summed E-state index contributed by atoms with van der Waals surface area (Å²) in [6, 6.07) is 1.23. The zero-order valence-corrected chi connectivity index (χ0v) is 48.1. The maximum absolute atomic E-state index is 12.9. The van der Waals surface area contributed by atoms with Gasteiger partial charge < -0.3 is 50.2 Å². The lowest BCUT2D eigenvalue weighted by Gasteiger charge is -2.21. The highest BCUT2D eigenvalue weighted by atomic mass is 31.3. The molecular weight excluding hydrogens is 1050 g/mol. The van der Waals surface area contributed by atoms with Crippen LogP contribution in [-0.2, 0) is 46.3 Å². The Morgan fingerprint density at radius 2 is 1.31 bits per heavy atom. The van der Waals surface area contributed by atoms with Gasteiger partial charge >= 0.3 is 33.3 Å². The standard InChI is InChI=1S/C56H93N3O17P2/c1-4-5-26-34-46(60)35-28-22-18-16-19-23-29-36-47(61)37-30-25-32-39-52(63)74-48(42-71-51(62)38-31-24-20-15-13-11-9-7-6-8-10-12-14-17-21-27-33-45(2)3)43-72-77(67,68)76-78(69,70)73-44-49-53(64)54(65)55(75-49)59-41-40-50(57)58-56(59)66/h5,18-19,22-23,26,28-30,35-37,40-41,45-49,53-55,60-61,64-65H,4,6-17,20-21,24-25,27,31-34,38-39,42-44H2,1-3H3,(H,67,68)(H,69,70)(H2,57,58,66)/b22-18-,23-19-,26-5-,35-28+,36-29+,37-30-/t46-,47-,48+,49+,53+,54+,55+/m0/s1. The number of rotatable bonds is 45. The third kappa shape index (κ3) is 35.0. The molecule has 0 aliphatic carbocycles. The zero-order valence-electron chi connectivity index (χ0n) is 46.3. The summed E-state index contributed by atoms with van der Waals surface area (Å²) in [6.07, 6.45) is 36.2. The minimum absolute atomic E-state index is 0.0833. The molecule has 0 aromatic carbocycles. The highest BCUT2D eigenvalue weighted by molar-refractivity contribution is 7.61. The number of allylic oxidation sites excluding steroid dienone is 8. The van der Waals surface area contributed by atoms with Gasteiger partial charge in [-0.2, -0.15) is 9.29 Å². The lowest BCUT2D eigenvalue weighted by atomic mass is 10.0. The Labute approximate surface area is 462 Å². The van der Waals surface area contributed by atoms with Crippen molar-refractivity contribution in [3.63, 3.8) is 0 Å². The van der Waals surface area contributed by atoms with Crippen molar-refractivity contribution in [3.8, 4) is 0 Å². The average molecular weight is 1140 g/mol. The van der Waals surface area contributed by atoms with Crippen molar-refractivity contribution >= 4 is 33.4 Å². The van der Waals surface area contributed by atoms with Crippen LogP contribution in [-0.4, -0.2) is 108 Å². The molecule has 1 aliphatic rings. The minimum Gasteiger partial charge on any atom is -0.462 e. The Kier molecular flexibility index (Phi) is 37.8. The number of anilines is 1. The number of aliphatic hydroxyl groups excluding tert-OH is 4. The third-order valence-electron chi connectivity index (χ3n) is 12.4. The minimum atomic E-state index is -5.48. The van der Waals surface area contributed by atoms with Crippen LogP contribution in [0.5, 0.6) is 0 Å². The van der Waals surface area contributed by atoms with Gasteiger partial charge in [-0.1, -0.05) is 196 Å². The molecular formula is C56H93N3O17P2. The summed E-state index contributed by atoms with van der Waals surface area (Å²) in [5.74, 6) is -0.690. The number of aromatic nitrogens is 2. The quantitative estimate of drug-likeness (QED) is 0.0105. The van der Waals surface area contributed by atoms with Crippen LogP contribution in [0.15, 0.2) is 90.0 Å². The molecule has 1 aliphatic heterocycles. The molecule has 8 N–H and O–H groups in total. The van der Waals surface area contributed by atoms with Crippen LogP contribution < -0.4 is 11.4 Å². The topological polar surface area (TPSA) is 306 Å². The fourth-order valence-corrected chi connectivity index (χ4v) is 10.2. The molecule has 0 spiro atoms. The highest BCUT2D eigenvalue weighted by Gasteiger charge is 2.46. The van der Waals surface area contributed by atoms with Crippen molar-refractivity contribution in [2.24, 2.45) is 5.92 Å². The van der Waals surface area contributed by atoms with Crippen LogP contribution >= 0.6 is 15.6 Å². The van der Waals surface area contributed by atoms with Crippen LogP contribution in [0.25, 0.3) is 0 Å². The van der Waals surface area contributed by atoms with E-state index < -0.39 is 95.9 Å². The van der Waals surface area contributed by atoms with Crippen LogP contribution in [0.3, 0.4) is 0 Å². The first-order valence-corrected chi connectivity index (χ1v) is 31.0. The van der Waals surface area contributed by atoms with Gasteiger partial charge in [0.1, 0.15) is 30.7 Å². The summed E-state index contributed by atoms with van der Waals surface area (Å²) in [5.41, 5.74) is 4.57. The summed E-state index contributed by atoms with van der Waals surface area (Å²) < 4.78 is 56.8. The average Bonchev–Trinajstić information content (AvgIpc) is 3.66. The van der Waals surface area contributed by atoms with Crippen LogP contribution in [0.4, 0.5) is 5.82 Å². The fourth-order valence-electron chi connectivity index (χ4n) is 8.06. The number of phosphoric acid groups is 2. The number of ether oxygens (including phenoxy) is 3. The van der Waals surface area contributed by atoms with E-state index in [1.54, 1.807) is 42.5 Å². The second-order valence-corrected chi connectivity index (χ2v) is 23.0. The number of carbonyl (C=O) groups excluding carboxylic acids is 2. The number of carbonyl (C=O) groups is 2. The van der Waals surface area contributed by atoms with Gasteiger partial charge in [0, 0.05) is 19.0 Å². The summed E-state index contributed by atoms with van der Waals surface area (Å²) in [5, 5.41) is 41.1. The Balaban J connectivity index is 1.83. The molecule has 0 bridgehead atoms. The Morgan fingerprint density at radius 1 is 0.731 bits per heavy atom. The largest absolute Gasteiger partial charge is 0.481 e. The van der Waals surface area contributed by atoms with Crippen molar-refractivity contribution in [3.05, 3.63) is 95.7 Å².